The molecule has 0 atom stereocenters. The zero-order valence-electron chi connectivity index (χ0n) is 18.3. The lowest BCUT2D eigenvalue weighted by molar-refractivity contribution is 0.0950. The Morgan fingerprint density at radius 1 is 1.06 bits per heavy atom. The number of amides is 1. The maximum atomic E-state index is 13.1. The van der Waals surface area contributed by atoms with Gasteiger partial charge in [0.15, 0.2) is 5.43 Å². The van der Waals surface area contributed by atoms with Crippen LogP contribution in [0.5, 0.6) is 0 Å². The van der Waals surface area contributed by atoms with Crippen LogP contribution in [0.4, 0.5) is 5.95 Å². The Morgan fingerprint density at radius 3 is 2.53 bits per heavy atom. The van der Waals surface area contributed by atoms with Crippen LogP contribution >= 0.6 is 11.6 Å². The van der Waals surface area contributed by atoms with Crippen LogP contribution in [0.15, 0.2) is 71.9 Å². The molecule has 1 N–H and O–H groups in total. The SMILES string of the molecule is O=C(NCc1cn(-c2ccccc2)c2cc(Cl)ccc2c1=O)c1cnc(N2CCOCC2)nc1. The fraction of sp³-hybridized carbons (Fsp3) is 0.200. The van der Waals surface area contributed by atoms with Gasteiger partial charge in [-0.05, 0) is 30.3 Å². The zero-order valence-corrected chi connectivity index (χ0v) is 19.0. The number of nitrogens with zero attached hydrogens (tertiary/aromatic N) is 4. The van der Waals surface area contributed by atoms with E-state index >= 15 is 0 Å². The van der Waals surface area contributed by atoms with Crippen LogP contribution in [0.3, 0.4) is 0 Å². The van der Waals surface area contributed by atoms with Gasteiger partial charge < -0.3 is 19.5 Å². The van der Waals surface area contributed by atoms with E-state index in [4.69, 9.17) is 16.3 Å². The Balaban J connectivity index is 1.39. The molecule has 0 aliphatic carbocycles. The second-order valence-corrected chi connectivity index (χ2v) is 8.34. The average molecular weight is 476 g/mol. The number of carbonyl (C=O) groups is 1. The molecular weight excluding hydrogens is 454 g/mol. The van der Waals surface area contributed by atoms with E-state index in [2.05, 4.69) is 15.3 Å². The molecule has 1 amide bonds. The summed E-state index contributed by atoms with van der Waals surface area (Å²) >= 11 is 6.21. The summed E-state index contributed by atoms with van der Waals surface area (Å²) in [7, 11) is 0. The summed E-state index contributed by atoms with van der Waals surface area (Å²) in [6.45, 7) is 2.75. The number of anilines is 1. The fourth-order valence-electron chi connectivity index (χ4n) is 3.92. The van der Waals surface area contributed by atoms with Crippen molar-refractivity contribution in [3.05, 3.63) is 93.5 Å². The van der Waals surface area contributed by atoms with Crippen LogP contribution in [0.25, 0.3) is 16.6 Å². The first-order valence-corrected chi connectivity index (χ1v) is 11.3. The lowest BCUT2D eigenvalue weighted by Crippen LogP contribution is -2.37. The molecule has 1 aliphatic rings. The molecule has 1 saturated heterocycles. The van der Waals surface area contributed by atoms with Crippen molar-refractivity contribution in [1.29, 1.82) is 0 Å². The van der Waals surface area contributed by atoms with E-state index < -0.39 is 0 Å². The van der Waals surface area contributed by atoms with Crippen molar-refractivity contribution in [3.8, 4) is 5.69 Å². The number of pyridine rings is 1. The molecule has 9 heteroatoms. The Labute approximate surface area is 200 Å². The molecule has 3 heterocycles. The minimum Gasteiger partial charge on any atom is -0.378 e. The third-order valence-electron chi connectivity index (χ3n) is 5.71. The minimum atomic E-state index is -0.351. The van der Waals surface area contributed by atoms with E-state index in [0.717, 1.165) is 5.69 Å². The maximum absolute atomic E-state index is 13.1. The van der Waals surface area contributed by atoms with Crippen LogP contribution in [0.1, 0.15) is 15.9 Å². The van der Waals surface area contributed by atoms with E-state index in [9.17, 15) is 9.59 Å². The van der Waals surface area contributed by atoms with E-state index in [0.29, 0.717) is 59.3 Å². The zero-order chi connectivity index (χ0) is 23.5. The highest BCUT2D eigenvalue weighted by Gasteiger charge is 2.16. The van der Waals surface area contributed by atoms with E-state index in [1.165, 1.54) is 12.4 Å². The first-order valence-electron chi connectivity index (χ1n) is 10.9. The number of para-hydroxylation sites is 1. The van der Waals surface area contributed by atoms with Crippen LogP contribution in [-0.4, -0.2) is 46.7 Å². The monoisotopic (exact) mass is 475 g/mol. The van der Waals surface area contributed by atoms with E-state index in [1.54, 1.807) is 24.4 Å². The molecule has 0 saturated carbocycles. The number of hydrogen-bond donors (Lipinski definition) is 1. The molecule has 172 valence electrons. The van der Waals surface area contributed by atoms with Crippen LogP contribution in [0.2, 0.25) is 5.02 Å². The van der Waals surface area contributed by atoms with Gasteiger partial charge in [0, 0.05) is 59.9 Å². The average Bonchev–Trinajstić information content (AvgIpc) is 2.89. The number of hydrogen-bond acceptors (Lipinski definition) is 6. The van der Waals surface area contributed by atoms with Gasteiger partial charge in [0.25, 0.3) is 5.91 Å². The molecule has 8 nitrogen and oxygen atoms in total. The highest BCUT2D eigenvalue weighted by Crippen LogP contribution is 2.21. The first-order chi connectivity index (χ1) is 16.6. The molecule has 0 radical (unpaired) electrons. The second kappa shape index (κ2) is 9.62. The molecule has 0 spiro atoms. The number of halogens is 1. The summed E-state index contributed by atoms with van der Waals surface area (Å²) in [5, 5.41) is 3.88. The largest absolute Gasteiger partial charge is 0.378 e. The number of ether oxygens (including phenoxy) is 1. The van der Waals surface area contributed by atoms with Gasteiger partial charge in [-0.1, -0.05) is 29.8 Å². The summed E-state index contributed by atoms with van der Waals surface area (Å²) in [6.07, 6.45) is 4.74. The predicted octanol–water partition coefficient (Wildman–Crippen LogP) is 3.20. The number of morpholine rings is 1. The standard InChI is InChI=1S/C25H22ClN5O3/c26-19-6-7-21-22(12-19)31(20-4-2-1-3-5-20)16-18(23(21)32)15-27-24(33)17-13-28-25(29-14-17)30-8-10-34-11-9-30/h1-7,12-14,16H,8-11,15H2,(H,27,33). The quantitative estimate of drug-likeness (QED) is 0.477. The molecule has 1 fully saturated rings. The predicted molar refractivity (Wildman–Crippen MR) is 131 cm³/mol. The number of nitrogens with one attached hydrogen (secondary N) is 1. The Bertz CT molecular complexity index is 1380. The molecule has 4 aromatic rings. The van der Waals surface area contributed by atoms with E-state index in [1.807, 2.05) is 39.8 Å². The lowest BCUT2D eigenvalue weighted by Gasteiger charge is -2.26. The van der Waals surface area contributed by atoms with Gasteiger partial charge in [-0.15, -0.1) is 0 Å². The van der Waals surface area contributed by atoms with Gasteiger partial charge in [-0.25, -0.2) is 9.97 Å². The summed E-state index contributed by atoms with van der Waals surface area (Å²) in [6, 6.07) is 14.8. The molecular formula is C25H22ClN5O3. The molecule has 34 heavy (non-hydrogen) atoms. The minimum absolute atomic E-state index is 0.0638. The third kappa shape index (κ3) is 4.50. The van der Waals surface area contributed by atoms with E-state index in [-0.39, 0.29) is 17.9 Å². The summed E-state index contributed by atoms with van der Waals surface area (Å²) < 4.78 is 7.25. The van der Waals surface area contributed by atoms with Crippen molar-refractivity contribution < 1.29 is 9.53 Å². The third-order valence-corrected chi connectivity index (χ3v) is 5.94. The van der Waals surface area contributed by atoms with Crippen molar-refractivity contribution in [3.63, 3.8) is 0 Å². The second-order valence-electron chi connectivity index (χ2n) is 7.90. The number of carbonyl (C=O) groups excluding carboxylic acids is 1. The van der Waals surface area contributed by atoms with Crippen molar-refractivity contribution in [1.82, 2.24) is 19.9 Å². The number of aromatic nitrogens is 3. The van der Waals surface area contributed by atoms with Crippen LogP contribution in [-0.2, 0) is 11.3 Å². The Kier molecular flexibility index (Phi) is 6.24. The number of benzene rings is 2. The maximum Gasteiger partial charge on any atom is 0.254 e. The van der Waals surface area contributed by atoms with Gasteiger partial charge in [0.2, 0.25) is 5.95 Å². The lowest BCUT2D eigenvalue weighted by atomic mass is 10.1. The summed E-state index contributed by atoms with van der Waals surface area (Å²) in [5.41, 5.74) is 2.21. The molecule has 0 bridgehead atoms. The summed E-state index contributed by atoms with van der Waals surface area (Å²) in [4.78, 5) is 36.5. The first kappa shape index (κ1) is 22.1. The van der Waals surface area contributed by atoms with Gasteiger partial charge in [-0.3, -0.25) is 9.59 Å². The molecule has 5 rings (SSSR count). The topological polar surface area (TPSA) is 89.4 Å². The molecule has 1 aliphatic heterocycles. The van der Waals surface area contributed by atoms with Gasteiger partial charge in [0.05, 0.1) is 24.3 Å². The van der Waals surface area contributed by atoms with Crippen LogP contribution < -0.4 is 15.6 Å². The van der Waals surface area contributed by atoms with Crippen LogP contribution in [0, 0.1) is 0 Å². The van der Waals surface area contributed by atoms with Gasteiger partial charge in [0.1, 0.15) is 0 Å². The highest BCUT2D eigenvalue weighted by atomic mass is 35.5. The Hall–Kier alpha value is -3.75. The van der Waals surface area contributed by atoms with Crippen molar-refractivity contribution in [2.24, 2.45) is 0 Å². The van der Waals surface area contributed by atoms with Gasteiger partial charge >= 0.3 is 0 Å². The van der Waals surface area contributed by atoms with Crippen molar-refractivity contribution >= 4 is 34.4 Å². The number of fused-ring (bicyclic) bond motifs is 1. The molecule has 0 unspecified atom stereocenters. The smallest absolute Gasteiger partial charge is 0.254 e. The van der Waals surface area contributed by atoms with Crippen molar-refractivity contribution in [2.75, 3.05) is 31.2 Å². The fourth-order valence-corrected chi connectivity index (χ4v) is 4.09. The number of rotatable bonds is 5. The normalized spacial score (nSPS) is 13.7. The summed E-state index contributed by atoms with van der Waals surface area (Å²) in [5.74, 6) is 0.217. The Morgan fingerprint density at radius 2 is 1.79 bits per heavy atom. The van der Waals surface area contributed by atoms with Crippen molar-refractivity contribution in [2.45, 2.75) is 6.54 Å². The highest BCUT2D eigenvalue weighted by molar-refractivity contribution is 6.31. The molecule has 2 aromatic heterocycles. The van der Waals surface area contributed by atoms with Gasteiger partial charge in [-0.2, -0.15) is 0 Å². The molecule has 2 aromatic carbocycles.